The van der Waals surface area contributed by atoms with Gasteiger partial charge in [-0.2, -0.15) is 4.37 Å². The van der Waals surface area contributed by atoms with Crippen LogP contribution >= 0.6 is 11.5 Å². The van der Waals surface area contributed by atoms with Gasteiger partial charge >= 0.3 is 6.03 Å². The zero-order valence-electron chi connectivity index (χ0n) is 8.12. The molecule has 1 fully saturated rings. The summed E-state index contributed by atoms with van der Waals surface area (Å²) in [7, 11) is 0. The average molecular weight is 211 g/mol. The average Bonchev–Trinajstić information content (AvgIpc) is 2.75. The second-order valence-electron chi connectivity index (χ2n) is 3.46. The normalized spacial score (nSPS) is 15.9. The molecule has 1 aliphatic rings. The van der Waals surface area contributed by atoms with Crippen molar-refractivity contribution in [2.24, 2.45) is 0 Å². The molecule has 2 heterocycles. The highest BCUT2D eigenvalue weighted by Gasteiger charge is 2.18. The Morgan fingerprint density at radius 1 is 1.57 bits per heavy atom. The number of hydrogen-bond donors (Lipinski definition) is 1. The number of aromatic nitrogens is 1. The molecule has 1 aromatic rings. The number of amides is 2. The van der Waals surface area contributed by atoms with Gasteiger partial charge in [-0.3, -0.25) is 5.32 Å². The fourth-order valence-electron chi connectivity index (χ4n) is 1.53. The van der Waals surface area contributed by atoms with Gasteiger partial charge in [0.15, 0.2) is 0 Å². The van der Waals surface area contributed by atoms with Gasteiger partial charge in [0.1, 0.15) is 5.00 Å². The third kappa shape index (κ3) is 2.04. The minimum absolute atomic E-state index is 0.00569. The first-order valence-corrected chi connectivity index (χ1v) is 5.52. The summed E-state index contributed by atoms with van der Waals surface area (Å²) in [6.45, 7) is 3.68. The number of nitrogens with zero attached hydrogens (tertiary/aromatic N) is 2. The third-order valence-corrected chi connectivity index (χ3v) is 3.05. The zero-order valence-corrected chi connectivity index (χ0v) is 8.93. The van der Waals surface area contributed by atoms with E-state index in [-0.39, 0.29) is 6.03 Å². The van der Waals surface area contributed by atoms with E-state index in [1.165, 1.54) is 11.5 Å². The molecule has 0 aliphatic carbocycles. The summed E-state index contributed by atoms with van der Waals surface area (Å²) in [6, 6.07) is 1.89. The van der Waals surface area contributed by atoms with Crippen LogP contribution < -0.4 is 5.32 Å². The van der Waals surface area contributed by atoms with Crippen molar-refractivity contribution < 1.29 is 4.79 Å². The molecule has 1 saturated heterocycles. The van der Waals surface area contributed by atoms with Gasteiger partial charge in [-0.1, -0.05) is 0 Å². The standard InChI is InChI=1S/C9H13N3OS/c1-7-6-8(14-11-7)10-9(13)12-4-2-3-5-12/h6H,2-5H2,1H3,(H,10,13). The quantitative estimate of drug-likeness (QED) is 0.773. The molecule has 2 amide bonds. The van der Waals surface area contributed by atoms with E-state index < -0.39 is 0 Å². The Labute approximate surface area is 87.1 Å². The molecule has 0 radical (unpaired) electrons. The smallest absolute Gasteiger partial charge is 0.322 e. The largest absolute Gasteiger partial charge is 0.325 e. The highest BCUT2D eigenvalue weighted by atomic mass is 32.1. The van der Waals surface area contributed by atoms with Crippen LogP contribution in [0.25, 0.3) is 0 Å². The van der Waals surface area contributed by atoms with E-state index in [2.05, 4.69) is 9.69 Å². The van der Waals surface area contributed by atoms with Crippen molar-refractivity contribution in [1.29, 1.82) is 0 Å². The monoisotopic (exact) mass is 211 g/mol. The fraction of sp³-hybridized carbons (Fsp3) is 0.556. The fourth-order valence-corrected chi connectivity index (χ4v) is 2.18. The maximum absolute atomic E-state index is 11.6. The summed E-state index contributed by atoms with van der Waals surface area (Å²) in [5, 5.41) is 3.68. The highest BCUT2D eigenvalue weighted by Crippen LogP contribution is 2.17. The lowest BCUT2D eigenvalue weighted by molar-refractivity contribution is 0.222. The van der Waals surface area contributed by atoms with Gasteiger partial charge in [0.25, 0.3) is 0 Å². The van der Waals surface area contributed by atoms with Gasteiger partial charge < -0.3 is 4.90 Å². The van der Waals surface area contributed by atoms with Gasteiger partial charge in [-0.15, -0.1) is 0 Å². The maximum atomic E-state index is 11.6. The topological polar surface area (TPSA) is 45.2 Å². The minimum atomic E-state index is 0.00569. The van der Waals surface area contributed by atoms with Crippen molar-refractivity contribution in [3.05, 3.63) is 11.8 Å². The van der Waals surface area contributed by atoms with E-state index in [0.29, 0.717) is 0 Å². The van der Waals surface area contributed by atoms with Crippen LogP contribution in [0.4, 0.5) is 9.80 Å². The molecule has 0 bridgehead atoms. The number of aryl methyl sites for hydroxylation is 1. The summed E-state index contributed by atoms with van der Waals surface area (Å²) in [6.07, 6.45) is 2.24. The molecule has 0 saturated carbocycles. The first-order chi connectivity index (χ1) is 6.75. The number of rotatable bonds is 1. The Morgan fingerprint density at radius 2 is 2.29 bits per heavy atom. The predicted molar refractivity (Wildman–Crippen MR) is 56.7 cm³/mol. The third-order valence-electron chi connectivity index (χ3n) is 2.25. The Bertz CT molecular complexity index is 331. The van der Waals surface area contributed by atoms with Crippen LogP contribution in [0.5, 0.6) is 0 Å². The second-order valence-corrected chi connectivity index (χ2v) is 4.26. The van der Waals surface area contributed by atoms with E-state index in [9.17, 15) is 4.79 Å². The maximum Gasteiger partial charge on any atom is 0.322 e. The number of likely N-dealkylation sites (tertiary alicyclic amines) is 1. The first kappa shape index (κ1) is 9.45. The number of anilines is 1. The van der Waals surface area contributed by atoms with Crippen molar-refractivity contribution in [3.8, 4) is 0 Å². The summed E-state index contributed by atoms with van der Waals surface area (Å²) in [4.78, 5) is 13.5. The van der Waals surface area contributed by atoms with Crippen LogP contribution in [0.2, 0.25) is 0 Å². The van der Waals surface area contributed by atoms with Crippen LogP contribution in [0, 0.1) is 6.92 Å². The van der Waals surface area contributed by atoms with E-state index in [0.717, 1.165) is 36.6 Å². The number of carbonyl (C=O) groups is 1. The minimum Gasteiger partial charge on any atom is -0.325 e. The van der Waals surface area contributed by atoms with Gasteiger partial charge in [0.05, 0.1) is 5.69 Å². The summed E-state index contributed by atoms with van der Waals surface area (Å²) < 4.78 is 4.10. The molecular formula is C9H13N3OS. The molecule has 14 heavy (non-hydrogen) atoms. The van der Waals surface area contributed by atoms with E-state index >= 15 is 0 Å². The van der Waals surface area contributed by atoms with E-state index in [4.69, 9.17) is 0 Å². The van der Waals surface area contributed by atoms with E-state index in [1.54, 1.807) is 0 Å². The van der Waals surface area contributed by atoms with Gasteiger partial charge in [-0.25, -0.2) is 4.79 Å². The van der Waals surface area contributed by atoms with Crippen LogP contribution in [0.3, 0.4) is 0 Å². The molecule has 0 spiro atoms. The van der Waals surface area contributed by atoms with Crippen molar-refractivity contribution in [2.45, 2.75) is 19.8 Å². The first-order valence-electron chi connectivity index (χ1n) is 4.75. The molecule has 1 aromatic heterocycles. The molecule has 4 nitrogen and oxygen atoms in total. The Hall–Kier alpha value is -1.10. The van der Waals surface area contributed by atoms with Crippen LogP contribution in [0.1, 0.15) is 18.5 Å². The van der Waals surface area contributed by atoms with Gasteiger partial charge in [0.2, 0.25) is 0 Å². The zero-order chi connectivity index (χ0) is 9.97. The molecule has 0 aromatic carbocycles. The van der Waals surface area contributed by atoms with Crippen molar-refractivity contribution in [1.82, 2.24) is 9.27 Å². The lowest BCUT2D eigenvalue weighted by atomic mass is 10.4. The molecule has 76 valence electrons. The molecule has 0 atom stereocenters. The Morgan fingerprint density at radius 3 is 2.86 bits per heavy atom. The number of nitrogens with one attached hydrogen (secondary N) is 1. The summed E-state index contributed by atoms with van der Waals surface area (Å²) in [5.41, 5.74) is 0.951. The lowest BCUT2D eigenvalue weighted by Crippen LogP contribution is -2.31. The SMILES string of the molecule is Cc1cc(NC(=O)N2CCCC2)sn1. The van der Waals surface area contributed by atoms with Crippen LogP contribution in [0.15, 0.2) is 6.07 Å². The van der Waals surface area contributed by atoms with Crippen molar-refractivity contribution in [3.63, 3.8) is 0 Å². The number of urea groups is 1. The van der Waals surface area contributed by atoms with Crippen molar-refractivity contribution >= 4 is 22.6 Å². The Kier molecular flexibility index (Phi) is 2.67. The number of hydrogen-bond acceptors (Lipinski definition) is 3. The second kappa shape index (κ2) is 3.96. The summed E-state index contributed by atoms with van der Waals surface area (Å²) in [5.74, 6) is 0. The molecule has 2 rings (SSSR count). The van der Waals surface area contributed by atoms with Gasteiger partial charge in [-0.05, 0) is 37.4 Å². The Balaban J connectivity index is 1.93. The van der Waals surface area contributed by atoms with E-state index in [1.807, 2.05) is 17.9 Å². The van der Waals surface area contributed by atoms with Crippen molar-refractivity contribution in [2.75, 3.05) is 18.4 Å². The highest BCUT2D eigenvalue weighted by molar-refractivity contribution is 7.10. The van der Waals surface area contributed by atoms with Crippen LogP contribution in [-0.4, -0.2) is 28.4 Å². The number of carbonyl (C=O) groups excluding carboxylic acids is 1. The van der Waals surface area contributed by atoms with Gasteiger partial charge in [0, 0.05) is 13.1 Å². The lowest BCUT2D eigenvalue weighted by Gasteiger charge is -2.14. The van der Waals surface area contributed by atoms with Crippen LogP contribution in [-0.2, 0) is 0 Å². The predicted octanol–water partition coefficient (Wildman–Crippen LogP) is 2.08. The molecule has 1 aliphatic heterocycles. The molecule has 0 unspecified atom stereocenters. The molecular weight excluding hydrogens is 198 g/mol. The molecule has 1 N–H and O–H groups in total. The summed E-state index contributed by atoms with van der Waals surface area (Å²) >= 11 is 1.33. The molecule has 5 heteroatoms.